The number of amides is 1. The van der Waals surface area contributed by atoms with Gasteiger partial charge in [-0.15, -0.1) is 0 Å². The van der Waals surface area contributed by atoms with Crippen molar-refractivity contribution in [2.24, 2.45) is 5.84 Å². The maximum absolute atomic E-state index is 13.8. The molecule has 8 heteroatoms. The zero-order valence-corrected chi connectivity index (χ0v) is 9.65. The summed E-state index contributed by atoms with van der Waals surface area (Å²) in [4.78, 5) is 15.5. The molecule has 98 valence electrons. The number of hydrogen-bond donors (Lipinski definition) is 3. The number of nitrogens with zero attached hydrogens (tertiary/aromatic N) is 2. The second-order valence-electron chi connectivity index (χ2n) is 3.71. The van der Waals surface area contributed by atoms with Gasteiger partial charge in [0.05, 0.1) is 18.8 Å². The molecule has 1 saturated heterocycles. The van der Waals surface area contributed by atoms with E-state index in [1.54, 1.807) is 5.01 Å². The average molecular weight is 255 g/mol. The molecule has 2 heterocycles. The lowest BCUT2D eigenvalue weighted by Crippen LogP contribution is -2.48. The van der Waals surface area contributed by atoms with Gasteiger partial charge in [-0.3, -0.25) is 10.2 Å². The van der Waals surface area contributed by atoms with Gasteiger partial charge in [-0.1, -0.05) is 0 Å². The summed E-state index contributed by atoms with van der Waals surface area (Å²) in [5.41, 5.74) is 4.59. The van der Waals surface area contributed by atoms with Crippen LogP contribution in [0.4, 0.5) is 10.2 Å². The number of hydrogen-bond acceptors (Lipinski definition) is 6. The summed E-state index contributed by atoms with van der Waals surface area (Å²) in [7, 11) is 0. The molecule has 1 aromatic rings. The van der Waals surface area contributed by atoms with Gasteiger partial charge in [0.15, 0.2) is 11.6 Å². The number of nitrogens with two attached hydrogens (primary N) is 1. The zero-order valence-electron chi connectivity index (χ0n) is 9.65. The second-order valence-corrected chi connectivity index (χ2v) is 3.71. The van der Waals surface area contributed by atoms with Crippen LogP contribution in [0.5, 0.6) is 0 Å². The number of carbonyl (C=O) groups is 1. The van der Waals surface area contributed by atoms with Gasteiger partial charge in [-0.05, 0) is 6.07 Å². The van der Waals surface area contributed by atoms with E-state index in [9.17, 15) is 9.18 Å². The number of hydrazine groups is 2. The van der Waals surface area contributed by atoms with Crippen LogP contribution in [0.15, 0.2) is 12.3 Å². The van der Waals surface area contributed by atoms with Crippen molar-refractivity contribution in [3.8, 4) is 0 Å². The molecule has 0 aromatic carbocycles. The smallest absolute Gasteiger partial charge is 0.268 e. The van der Waals surface area contributed by atoms with Crippen LogP contribution in [-0.2, 0) is 4.74 Å². The van der Waals surface area contributed by atoms with Crippen molar-refractivity contribution in [2.45, 2.75) is 0 Å². The summed E-state index contributed by atoms with van der Waals surface area (Å²) < 4.78 is 18.9. The lowest BCUT2D eigenvalue weighted by Gasteiger charge is -2.27. The average Bonchev–Trinajstić information content (AvgIpc) is 2.40. The Morgan fingerprint density at radius 1 is 1.50 bits per heavy atom. The van der Waals surface area contributed by atoms with Crippen molar-refractivity contribution >= 4 is 11.7 Å². The third-order valence-electron chi connectivity index (χ3n) is 2.54. The number of nitrogens with one attached hydrogen (secondary N) is 2. The molecule has 0 spiro atoms. The maximum Gasteiger partial charge on any atom is 0.268 e. The largest absolute Gasteiger partial charge is 0.379 e. The normalized spacial score (nSPS) is 16.3. The lowest BCUT2D eigenvalue weighted by atomic mass is 10.2. The number of aromatic nitrogens is 1. The van der Waals surface area contributed by atoms with Gasteiger partial charge in [0.25, 0.3) is 5.91 Å². The number of pyridine rings is 1. The minimum Gasteiger partial charge on any atom is -0.379 e. The van der Waals surface area contributed by atoms with Crippen LogP contribution >= 0.6 is 0 Å². The van der Waals surface area contributed by atoms with E-state index in [2.05, 4.69) is 15.8 Å². The number of anilines is 1. The van der Waals surface area contributed by atoms with Crippen molar-refractivity contribution < 1.29 is 13.9 Å². The van der Waals surface area contributed by atoms with Crippen molar-refractivity contribution in [3.05, 3.63) is 23.6 Å². The molecule has 1 amide bonds. The Labute approximate surface area is 103 Å². The number of ether oxygens (including phenoxy) is 1. The Bertz CT molecular complexity index is 436. The molecular formula is C10H14FN5O2. The molecule has 0 bridgehead atoms. The minimum absolute atomic E-state index is 0.107. The highest BCUT2D eigenvalue weighted by atomic mass is 19.1. The first kappa shape index (κ1) is 12.7. The molecular weight excluding hydrogens is 241 g/mol. The number of rotatable bonds is 3. The van der Waals surface area contributed by atoms with E-state index < -0.39 is 11.7 Å². The number of halogens is 1. The first-order valence-corrected chi connectivity index (χ1v) is 5.47. The first-order valence-electron chi connectivity index (χ1n) is 5.47. The Kier molecular flexibility index (Phi) is 4.03. The van der Waals surface area contributed by atoms with E-state index >= 15 is 0 Å². The van der Waals surface area contributed by atoms with Gasteiger partial charge < -0.3 is 10.2 Å². The number of nitrogen functional groups attached to an aromatic ring is 1. The summed E-state index contributed by atoms with van der Waals surface area (Å²) in [6.07, 6.45) is 1.31. The van der Waals surface area contributed by atoms with Gasteiger partial charge in [0.2, 0.25) is 0 Å². The molecule has 1 aliphatic heterocycles. The van der Waals surface area contributed by atoms with Crippen LogP contribution < -0.4 is 16.7 Å². The molecule has 0 unspecified atom stereocenters. The van der Waals surface area contributed by atoms with Crippen molar-refractivity contribution in [1.82, 2.24) is 15.4 Å². The molecule has 4 N–H and O–H groups in total. The Morgan fingerprint density at radius 3 is 2.89 bits per heavy atom. The van der Waals surface area contributed by atoms with Crippen molar-refractivity contribution in [3.63, 3.8) is 0 Å². The zero-order chi connectivity index (χ0) is 13.0. The van der Waals surface area contributed by atoms with Crippen LogP contribution in [-0.4, -0.2) is 42.2 Å². The highest BCUT2D eigenvalue weighted by Gasteiger charge is 2.19. The first-order chi connectivity index (χ1) is 8.72. The molecule has 18 heavy (non-hydrogen) atoms. The van der Waals surface area contributed by atoms with E-state index in [0.29, 0.717) is 26.3 Å². The van der Waals surface area contributed by atoms with Crippen molar-refractivity contribution in [2.75, 3.05) is 31.7 Å². The monoisotopic (exact) mass is 255 g/mol. The third-order valence-corrected chi connectivity index (χ3v) is 2.54. The van der Waals surface area contributed by atoms with Gasteiger partial charge in [-0.25, -0.2) is 20.2 Å². The van der Waals surface area contributed by atoms with E-state index in [0.717, 1.165) is 0 Å². The Balaban J connectivity index is 2.08. The minimum atomic E-state index is -0.772. The second kappa shape index (κ2) is 5.71. The fourth-order valence-electron chi connectivity index (χ4n) is 1.60. The van der Waals surface area contributed by atoms with E-state index in [1.807, 2.05) is 0 Å². The third kappa shape index (κ3) is 2.73. The predicted octanol–water partition coefficient (Wildman–Crippen LogP) is -0.517. The van der Waals surface area contributed by atoms with Gasteiger partial charge >= 0.3 is 0 Å². The lowest BCUT2D eigenvalue weighted by molar-refractivity contribution is 0.0125. The summed E-state index contributed by atoms with van der Waals surface area (Å²) >= 11 is 0. The SMILES string of the molecule is NNc1nccc(C(=O)NN2CCOCC2)c1F. The Hall–Kier alpha value is -1.77. The van der Waals surface area contributed by atoms with Gasteiger partial charge in [0, 0.05) is 19.3 Å². The number of morpholine rings is 1. The molecule has 7 nitrogen and oxygen atoms in total. The summed E-state index contributed by atoms with van der Waals surface area (Å²) in [5.74, 6) is 3.62. The van der Waals surface area contributed by atoms with Crippen LogP contribution in [0, 0.1) is 5.82 Å². The van der Waals surface area contributed by atoms with Crippen LogP contribution in [0.3, 0.4) is 0 Å². The summed E-state index contributed by atoms with van der Waals surface area (Å²) in [5, 5.41) is 1.68. The summed E-state index contributed by atoms with van der Waals surface area (Å²) in [6, 6.07) is 1.30. The summed E-state index contributed by atoms with van der Waals surface area (Å²) in [6.45, 7) is 2.21. The Morgan fingerprint density at radius 2 is 2.22 bits per heavy atom. The standard InChI is InChI=1S/C10H14FN5O2/c11-8-7(1-2-13-9(8)14-12)10(17)15-16-3-5-18-6-4-16/h1-2H,3-6,12H2,(H,13,14)(H,15,17). The molecule has 0 aliphatic carbocycles. The molecule has 1 aliphatic rings. The maximum atomic E-state index is 13.8. The highest BCUT2D eigenvalue weighted by Crippen LogP contribution is 2.13. The quantitative estimate of drug-likeness (QED) is 0.497. The van der Waals surface area contributed by atoms with E-state index in [1.165, 1.54) is 12.3 Å². The molecule has 1 aromatic heterocycles. The topological polar surface area (TPSA) is 92.5 Å². The molecule has 2 rings (SSSR count). The molecule has 0 radical (unpaired) electrons. The van der Waals surface area contributed by atoms with Crippen LogP contribution in [0.25, 0.3) is 0 Å². The number of carbonyl (C=O) groups excluding carboxylic acids is 1. The fraction of sp³-hybridized carbons (Fsp3) is 0.400. The van der Waals surface area contributed by atoms with Gasteiger partial charge in [0.1, 0.15) is 0 Å². The van der Waals surface area contributed by atoms with E-state index in [4.69, 9.17) is 10.6 Å². The predicted molar refractivity (Wildman–Crippen MR) is 61.9 cm³/mol. The van der Waals surface area contributed by atoms with E-state index in [-0.39, 0.29) is 11.4 Å². The molecule has 1 fully saturated rings. The van der Waals surface area contributed by atoms with Crippen LogP contribution in [0.2, 0.25) is 0 Å². The van der Waals surface area contributed by atoms with Gasteiger partial charge in [-0.2, -0.15) is 0 Å². The highest BCUT2D eigenvalue weighted by molar-refractivity contribution is 5.94. The molecule has 0 saturated carbocycles. The fourth-order valence-corrected chi connectivity index (χ4v) is 1.60. The van der Waals surface area contributed by atoms with Crippen molar-refractivity contribution in [1.29, 1.82) is 0 Å². The van der Waals surface area contributed by atoms with Crippen LogP contribution in [0.1, 0.15) is 10.4 Å². The molecule has 0 atom stereocenters.